The summed E-state index contributed by atoms with van der Waals surface area (Å²) in [5, 5.41) is 6.50. The Labute approximate surface area is 114 Å². The third kappa shape index (κ3) is 4.43. The van der Waals surface area contributed by atoms with E-state index in [1.165, 1.54) is 0 Å². The summed E-state index contributed by atoms with van der Waals surface area (Å²) < 4.78 is 5.75. The quantitative estimate of drug-likeness (QED) is 0.870. The second-order valence-electron chi connectivity index (χ2n) is 5.77. The van der Waals surface area contributed by atoms with Crippen molar-refractivity contribution in [3.63, 3.8) is 0 Å². The molecule has 1 aromatic heterocycles. The molecule has 1 unspecified atom stereocenters. The number of pyridine rings is 1. The highest BCUT2D eigenvalue weighted by molar-refractivity contribution is 5.81. The fourth-order valence-electron chi connectivity index (χ4n) is 1.76. The molecule has 0 fully saturated rings. The molecule has 1 aromatic rings. The molecule has 19 heavy (non-hydrogen) atoms. The lowest BCUT2D eigenvalue weighted by Crippen LogP contribution is -2.37. The molecule has 2 N–H and O–H groups in total. The number of hydrogen-bond acceptors (Lipinski definition) is 5. The third-order valence-electron chi connectivity index (χ3n) is 2.54. The molecule has 0 bridgehead atoms. The van der Waals surface area contributed by atoms with Crippen molar-refractivity contribution in [3.05, 3.63) is 23.9 Å². The first kappa shape index (κ1) is 13.6. The van der Waals surface area contributed by atoms with E-state index in [-0.39, 0.29) is 5.60 Å². The Bertz CT molecular complexity index is 465. The standard InChI is InChI=1S/C14H22N4O/c1-10-8-15-13(17-10)16-9-11-6-5-7-12(18-11)19-14(2,3)4/h5-7,10H,8-9H2,1-4H3,(H2,15,16,17). The zero-order chi connectivity index (χ0) is 13.9. The molecular weight excluding hydrogens is 240 g/mol. The van der Waals surface area contributed by atoms with Gasteiger partial charge in [0.25, 0.3) is 0 Å². The molecule has 0 amide bonds. The number of aromatic nitrogens is 1. The minimum atomic E-state index is -0.231. The van der Waals surface area contributed by atoms with Crippen molar-refractivity contribution in [2.75, 3.05) is 6.54 Å². The Morgan fingerprint density at radius 2 is 2.21 bits per heavy atom. The summed E-state index contributed by atoms with van der Waals surface area (Å²) in [5.74, 6) is 1.50. The number of ether oxygens (including phenoxy) is 1. The SMILES string of the molecule is CC1CN=C(NCc2cccc(OC(C)(C)C)n2)N1. The van der Waals surface area contributed by atoms with Crippen molar-refractivity contribution in [3.8, 4) is 5.88 Å². The van der Waals surface area contributed by atoms with E-state index in [9.17, 15) is 0 Å². The number of hydrogen-bond donors (Lipinski definition) is 2. The zero-order valence-corrected chi connectivity index (χ0v) is 12.0. The van der Waals surface area contributed by atoms with Crippen LogP contribution in [0.4, 0.5) is 0 Å². The van der Waals surface area contributed by atoms with E-state index in [0.29, 0.717) is 18.5 Å². The third-order valence-corrected chi connectivity index (χ3v) is 2.54. The van der Waals surface area contributed by atoms with Crippen LogP contribution in [0.2, 0.25) is 0 Å². The summed E-state index contributed by atoms with van der Waals surface area (Å²) in [6.07, 6.45) is 0. The second kappa shape index (κ2) is 5.47. The first-order valence-corrected chi connectivity index (χ1v) is 6.62. The van der Waals surface area contributed by atoms with Crippen LogP contribution in [-0.2, 0) is 6.54 Å². The predicted octanol–water partition coefficient (Wildman–Crippen LogP) is 1.70. The highest BCUT2D eigenvalue weighted by Gasteiger charge is 2.14. The minimum absolute atomic E-state index is 0.231. The molecule has 1 aliphatic heterocycles. The first-order valence-electron chi connectivity index (χ1n) is 6.62. The Kier molecular flexibility index (Phi) is 3.93. The van der Waals surface area contributed by atoms with Crippen LogP contribution in [0.1, 0.15) is 33.4 Å². The molecule has 0 aliphatic carbocycles. The molecule has 104 valence electrons. The summed E-state index contributed by atoms with van der Waals surface area (Å²) in [6, 6.07) is 6.22. The number of nitrogens with zero attached hydrogens (tertiary/aromatic N) is 2. The van der Waals surface area contributed by atoms with Crippen LogP contribution in [0, 0.1) is 0 Å². The average molecular weight is 262 g/mol. The second-order valence-corrected chi connectivity index (χ2v) is 5.77. The van der Waals surface area contributed by atoms with Gasteiger partial charge in [0.05, 0.1) is 18.8 Å². The van der Waals surface area contributed by atoms with Crippen molar-refractivity contribution in [2.24, 2.45) is 4.99 Å². The molecule has 5 heteroatoms. The molecule has 1 aliphatic rings. The fourth-order valence-corrected chi connectivity index (χ4v) is 1.76. The predicted molar refractivity (Wildman–Crippen MR) is 76.4 cm³/mol. The van der Waals surface area contributed by atoms with Crippen LogP contribution >= 0.6 is 0 Å². The molecule has 0 radical (unpaired) electrons. The molecule has 0 spiro atoms. The minimum Gasteiger partial charge on any atom is -0.472 e. The van der Waals surface area contributed by atoms with E-state index in [4.69, 9.17) is 4.74 Å². The Balaban J connectivity index is 1.92. The van der Waals surface area contributed by atoms with Gasteiger partial charge in [-0.05, 0) is 33.8 Å². The van der Waals surface area contributed by atoms with Gasteiger partial charge in [0, 0.05) is 12.1 Å². The maximum Gasteiger partial charge on any atom is 0.214 e. The van der Waals surface area contributed by atoms with Gasteiger partial charge in [-0.1, -0.05) is 6.07 Å². The van der Waals surface area contributed by atoms with Crippen molar-refractivity contribution >= 4 is 5.96 Å². The lowest BCUT2D eigenvalue weighted by molar-refractivity contribution is 0.124. The van der Waals surface area contributed by atoms with Crippen LogP contribution in [0.25, 0.3) is 0 Å². The number of aliphatic imine (C=N–C) groups is 1. The zero-order valence-electron chi connectivity index (χ0n) is 12.0. The molecule has 2 heterocycles. The summed E-state index contributed by atoms with van der Waals surface area (Å²) in [4.78, 5) is 8.82. The highest BCUT2D eigenvalue weighted by atomic mass is 16.5. The van der Waals surface area contributed by atoms with E-state index < -0.39 is 0 Å². The number of nitrogens with one attached hydrogen (secondary N) is 2. The van der Waals surface area contributed by atoms with Crippen LogP contribution in [0.15, 0.2) is 23.2 Å². The Morgan fingerprint density at radius 1 is 1.42 bits per heavy atom. The van der Waals surface area contributed by atoms with Gasteiger partial charge in [0.1, 0.15) is 5.60 Å². The first-order chi connectivity index (χ1) is 8.92. The van der Waals surface area contributed by atoms with Crippen molar-refractivity contribution in [2.45, 2.75) is 45.9 Å². The van der Waals surface area contributed by atoms with Gasteiger partial charge in [0.15, 0.2) is 5.96 Å². The summed E-state index contributed by atoms with van der Waals surface area (Å²) >= 11 is 0. The molecular formula is C14H22N4O. The smallest absolute Gasteiger partial charge is 0.214 e. The lowest BCUT2D eigenvalue weighted by atomic mass is 10.2. The Hall–Kier alpha value is -1.78. The van der Waals surface area contributed by atoms with Gasteiger partial charge in [0.2, 0.25) is 5.88 Å². The van der Waals surface area contributed by atoms with Gasteiger partial charge in [-0.2, -0.15) is 0 Å². The lowest BCUT2D eigenvalue weighted by Gasteiger charge is -2.20. The largest absolute Gasteiger partial charge is 0.472 e. The normalized spacial score (nSPS) is 18.7. The maximum absolute atomic E-state index is 5.75. The van der Waals surface area contributed by atoms with Crippen molar-refractivity contribution in [1.29, 1.82) is 0 Å². The molecule has 5 nitrogen and oxygen atoms in total. The van der Waals surface area contributed by atoms with E-state index in [0.717, 1.165) is 18.2 Å². The van der Waals surface area contributed by atoms with E-state index >= 15 is 0 Å². The van der Waals surface area contributed by atoms with Gasteiger partial charge < -0.3 is 15.4 Å². The molecule has 2 rings (SSSR count). The van der Waals surface area contributed by atoms with Crippen LogP contribution in [0.3, 0.4) is 0 Å². The molecule has 1 atom stereocenters. The van der Waals surface area contributed by atoms with Crippen LogP contribution < -0.4 is 15.4 Å². The molecule has 0 aromatic carbocycles. The summed E-state index contributed by atoms with van der Waals surface area (Å²) in [6.45, 7) is 9.60. The topological polar surface area (TPSA) is 58.5 Å². The number of rotatable bonds is 3. The maximum atomic E-state index is 5.75. The number of guanidine groups is 1. The monoisotopic (exact) mass is 262 g/mol. The van der Waals surface area contributed by atoms with Crippen molar-refractivity contribution < 1.29 is 4.74 Å². The van der Waals surface area contributed by atoms with E-state index in [1.807, 2.05) is 39.0 Å². The van der Waals surface area contributed by atoms with Crippen molar-refractivity contribution in [1.82, 2.24) is 15.6 Å². The Morgan fingerprint density at radius 3 is 2.84 bits per heavy atom. The summed E-state index contributed by atoms with van der Waals surface area (Å²) in [5.41, 5.74) is 0.705. The van der Waals surface area contributed by atoms with E-state index in [1.54, 1.807) is 0 Å². The van der Waals surface area contributed by atoms with Gasteiger partial charge in [-0.3, -0.25) is 4.99 Å². The summed E-state index contributed by atoms with van der Waals surface area (Å²) in [7, 11) is 0. The molecule has 0 saturated heterocycles. The van der Waals surface area contributed by atoms with Gasteiger partial charge in [-0.25, -0.2) is 4.98 Å². The van der Waals surface area contributed by atoms with Gasteiger partial charge in [-0.15, -0.1) is 0 Å². The molecule has 0 saturated carbocycles. The highest BCUT2D eigenvalue weighted by Crippen LogP contribution is 2.15. The average Bonchev–Trinajstić information content (AvgIpc) is 2.71. The van der Waals surface area contributed by atoms with Crippen LogP contribution in [-0.4, -0.2) is 29.1 Å². The van der Waals surface area contributed by atoms with Crippen LogP contribution in [0.5, 0.6) is 5.88 Å². The van der Waals surface area contributed by atoms with Gasteiger partial charge >= 0.3 is 0 Å². The fraction of sp³-hybridized carbons (Fsp3) is 0.571. The van der Waals surface area contributed by atoms with E-state index in [2.05, 4.69) is 27.5 Å².